The highest BCUT2D eigenvalue weighted by Gasteiger charge is 2.36. The van der Waals surface area contributed by atoms with E-state index in [1.165, 1.54) is 6.20 Å². The van der Waals surface area contributed by atoms with Gasteiger partial charge in [0.15, 0.2) is 0 Å². The first-order valence-electron chi connectivity index (χ1n) is 7.19. The number of nitrogens with zero attached hydrogens (tertiary/aromatic N) is 4. The van der Waals surface area contributed by atoms with Gasteiger partial charge >= 0.3 is 0 Å². The summed E-state index contributed by atoms with van der Waals surface area (Å²) >= 11 is 0. The van der Waals surface area contributed by atoms with Crippen LogP contribution in [-0.2, 0) is 11.8 Å². The van der Waals surface area contributed by atoms with E-state index in [-0.39, 0.29) is 11.8 Å². The molecular formula is C14H23N5O2. The van der Waals surface area contributed by atoms with Crippen molar-refractivity contribution < 1.29 is 9.59 Å². The van der Waals surface area contributed by atoms with Gasteiger partial charge in [-0.3, -0.25) is 19.2 Å². The molecule has 1 aromatic rings. The van der Waals surface area contributed by atoms with Crippen molar-refractivity contribution in [3.63, 3.8) is 0 Å². The fraction of sp³-hybridized carbons (Fsp3) is 0.643. The summed E-state index contributed by atoms with van der Waals surface area (Å²) in [7, 11) is 3.37. The lowest BCUT2D eigenvalue weighted by Crippen LogP contribution is -2.61. The summed E-state index contributed by atoms with van der Waals surface area (Å²) in [6.45, 7) is 6.07. The number of piperazine rings is 1. The van der Waals surface area contributed by atoms with Crippen molar-refractivity contribution in [2.24, 2.45) is 7.05 Å². The van der Waals surface area contributed by atoms with Crippen LogP contribution in [0.2, 0.25) is 0 Å². The number of carbonyl (C=O) groups excluding carboxylic acids is 2. The fourth-order valence-corrected chi connectivity index (χ4v) is 2.60. The lowest BCUT2D eigenvalue weighted by atomic mass is 10.1. The number of aromatic nitrogens is 2. The molecule has 7 heteroatoms. The third-order valence-electron chi connectivity index (χ3n) is 3.90. The van der Waals surface area contributed by atoms with Crippen LogP contribution >= 0.6 is 0 Å². The Morgan fingerprint density at radius 3 is 2.62 bits per heavy atom. The van der Waals surface area contributed by atoms with Crippen LogP contribution in [0.1, 0.15) is 24.2 Å². The zero-order valence-corrected chi connectivity index (χ0v) is 13.0. The predicted molar refractivity (Wildman–Crippen MR) is 78.8 cm³/mol. The van der Waals surface area contributed by atoms with Crippen molar-refractivity contribution in [2.45, 2.75) is 25.9 Å². The molecule has 2 rings (SSSR count). The quantitative estimate of drug-likeness (QED) is 0.831. The molecule has 1 N–H and O–H groups in total. The van der Waals surface area contributed by atoms with E-state index in [1.807, 2.05) is 0 Å². The minimum atomic E-state index is -0.459. The molecule has 2 amide bonds. The Labute approximate surface area is 124 Å². The van der Waals surface area contributed by atoms with Crippen LogP contribution in [0, 0.1) is 0 Å². The van der Waals surface area contributed by atoms with Gasteiger partial charge in [0.1, 0.15) is 6.04 Å². The van der Waals surface area contributed by atoms with E-state index in [4.69, 9.17) is 0 Å². The standard InChI is InChI=1S/C14H23N5O2/c1-10(2)18-5-6-19(12(9-18)13(20)15-3)14(21)11-7-16-17(4)8-11/h7-8,10,12H,5-6,9H2,1-4H3,(H,15,20). The number of amides is 2. The molecule has 21 heavy (non-hydrogen) atoms. The second kappa shape index (κ2) is 6.26. The molecular weight excluding hydrogens is 270 g/mol. The second-order valence-corrected chi connectivity index (χ2v) is 5.62. The van der Waals surface area contributed by atoms with E-state index in [2.05, 4.69) is 29.2 Å². The van der Waals surface area contributed by atoms with Crippen molar-refractivity contribution in [3.8, 4) is 0 Å². The molecule has 0 aromatic carbocycles. The number of likely N-dealkylation sites (N-methyl/N-ethyl adjacent to an activating group) is 1. The Kier molecular flexibility index (Phi) is 4.62. The molecule has 0 radical (unpaired) electrons. The van der Waals surface area contributed by atoms with Gasteiger partial charge in [0, 0.05) is 46.0 Å². The van der Waals surface area contributed by atoms with Gasteiger partial charge in [0.25, 0.3) is 5.91 Å². The molecule has 1 aromatic heterocycles. The van der Waals surface area contributed by atoms with Crippen LogP contribution < -0.4 is 5.32 Å². The maximum Gasteiger partial charge on any atom is 0.257 e. The number of carbonyl (C=O) groups is 2. The summed E-state index contributed by atoms with van der Waals surface area (Å²) < 4.78 is 1.59. The largest absolute Gasteiger partial charge is 0.357 e. The van der Waals surface area contributed by atoms with Crippen molar-refractivity contribution in [2.75, 3.05) is 26.7 Å². The molecule has 1 unspecified atom stereocenters. The number of aryl methyl sites for hydroxylation is 1. The Balaban J connectivity index is 2.20. The topological polar surface area (TPSA) is 70.5 Å². The summed E-state index contributed by atoms with van der Waals surface area (Å²) in [5.74, 6) is -0.266. The smallest absolute Gasteiger partial charge is 0.257 e. The molecule has 0 bridgehead atoms. The molecule has 0 saturated carbocycles. The third kappa shape index (κ3) is 3.24. The van der Waals surface area contributed by atoms with Crippen molar-refractivity contribution in [1.82, 2.24) is 24.9 Å². The molecule has 1 atom stereocenters. The number of hydrogen-bond acceptors (Lipinski definition) is 4. The zero-order valence-electron chi connectivity index (χ0n) is 13.0. The molecule has 7 nitrogen and oxygen atoms in total. The summed E-state index contributed by atoms with van der Waals surface area (Å²) in [6.07, 6.45) is 3.22. The Morgan fingerprint density at radius 2 is 2.10 bits per heavy atom. The molecule has 1 aliphatic rings. The average Bonchev–Trinajstić information content (AvgIpc) is 2.91. The normalized spacial score (nSPS) is 19.9. The van der Waals surface area contributed by atoms with Gasteiger partial charge in [-0.25, -0.2) is 0 Å². The fourth-order valence-electron chi connectivity index (χ4n) is 2.60. The SMILES string of the molecule is CNC(=O)C1CN(C(C)C)CCN1C(=O)c1cnn(C)c1. The van der Waals surface area contributed by atoms with E-state index in [0.717, 1.165) is 6.54 Å². The van der Waals surface area contributed by atoms with Crippen LogP contribution in [0.5, 0.6) is 0 Å². The van der Waals surface area contributed by atoms with Crippen molar-refractivity contribution in [3.05, 3.63) is 18.0 Å². The molecule has 1 saturated heterocycles. The first-order chi connectivity index (χ1) is 9.93. The van der Waals surface area contributed by atoms with E-state index < -0.39 is 6.04 Å². The molecule has 0 spiro atoms. The van der Waals surface area contributed by atoms with Crippen LogP contribution in [0.4, 0.5) is 0 Å². The number of nitrogens with one attached hydrogen (secondary N) is 1. The maximum atomic E-state index is 12.6. The van der Waals surface area contributed by atoms with E-state index in [0.29, 0.717) is 24.7 Å². The summed E-state index contributed by atoms with van der Waals surface area (Å²) in [5.41, 5.74) is 0.518. The van der Waals surface area contributed by atoms with Gasteiger partial charge in [-0.15, -0.1) is 0 Å². The van der Waals surface area contributed by atoms with Crippen LogP contribution in [0.3, 0.4) is 0 Å². The Morgan fingerprint density at radius 1 is 1.38 bits per heavy atom. The summed E-state index contributed by atoms with van der Waals surface area (Å²) in [4.78, 5) is 28.6. The first kappa shape index (κ1) is 15.5. The average molecular weight is 293 g/mol. The lowest BCUT2D eigenvalue weighted by Gasteiger charge is -2.41. The Hall–Kier alpha value is -1.89. The molecule has 1 aliphatic heterocycles. The van der Waals surface area contributed by atoms with Crippen molar-refractivity contribution >= 4 is 11.8 Å². The predicted octanol–water partition coefficient (Wildman–Crippen LogP) is -0.299. The molecule has 1 fully saturated rings. The summed E-state index contributed by atoms with van der Waals surface area (Å²) in [5, 5.41) is 6.68. The number of rotatable bonds is 3. The van der Waals surface area contributed by atoms with Gasteiger partial charge < -0.3 is 10.2 Å². The lowest BCUT2D eigenvalue weighted by molar-refractivity contribution is -0.127. The van der Waals surface area contributed by atoms with E-state index >= 15 is 0 Å². The highest BCUT2D eigenvalue weighted by molar-refractivity contribution is 5.97. The molecule has 2 heterocycles. The number of hydrogen-bond donors (Lipinski definition) is 1. The summed E-state index contributed by atoms with van der Waals surface area (Å²) in [6, 6.07) is -0.105. The van der Waals surface area contributed by atoms with Gasteiger partial charge in [-0.1, -0.05) is 0 Å². The van der Waals surface area contributed by atoms with Gasteiger partial charge in [-0.2, -0.15) is 5.10 Å². The Bertz CT molecular complexity index is 525. The monoisotopic (exact) mass is 293 g/mol. The highest BCUT2D eigenvalue weighted by Crippen LogP contribution is 2.16. The van der Waals surface area contributed by atoms with Crippen LogP contribution in [-0.4, -0.2) is 70.2 Å². The maximum absolute atomic E-state index is 12.6. The first-order valence-corrected chi connectivity index (χ1v) is 7.19. The van der Waals surface area contributed by atoms with Gasteiger partial charge in [0.2, 0.25) is 5.91 Å². The molecule has 116 valence electrons. The minimum absolute atomic E-state index is 0.127. The molecule has 0 aliphatic carbocycles. The minimum Gasteiger partial charge on any atom is -0.357 e. The van der Waals surface area contributed by atoms with Gasteiger partial charge in [0.05, 0.1) is 11.8 Å². The second-order valence-electron chi connectivity index (χ2n) is 5.62. The van der Waals surface area contributed by atoms with E-state index in [1.54, 1.807) is 29.9 Å². The third-order valence-corrected chi connectivity index (χ3v) is 3.90. The van der Waals surface area contributed by atoms with Crippen LogP contribution in [0.25, 0.3) is 0 Å². The van der Waals surface area contributed by atoms with Gasteiger partial charge in [-0.05, 0) is 13.8 Å². The van der Waals surface area contributed by atoms with Crippen LogP contribution in [0.15, 0.2) is 12.4 Å². The van der Waals surface area contributed by atoms with E-state index in [9.17, 15) is 9.59 Å². The highest BCUT2D eigenvalue weighted by atomic mass is 16.2. The van der Waals surface area contributed by atoms with Crippen molar-refractivity contribution in [1.29, 1.82) is 0 Å². The zero-order chi connectivity index (χ0) is 15.6.